The van der Waals surface area contributed by atoms with Crippen LogP contribution in [0.3, 0.4) is 0 Å². The van der Waals surface area contributed by atoms with E-state index in [-0.39, 0.29) is 5.60 Å². The predicted octanol–water partition coefficient (Wildman–Crippen LogP) is 6.09. The van der Waals surface area contributed by atoms with E-state index < -0.39 is 0 Å². The third kappa shape index (κ3) is 4.60. The molecule has 2 aromatic heterocycles. The summed E-state index contributed by atoms with van der Waals surface area (Å²) in [5.74, 6) is 2.03. The molecule has 154 valence electrons. The Morgan fingerprint density at radius 2 is 2.03 bits per heavy atom. The van der Waals surface area contributed by atoms with Gasteiger partial charge in [0.15, 0.2) is 5.16 Å². The van der Waals surface area contributed by atoms with E-state index in [0.717, 1.165) is 53.8 Å². The SMILES string of the molecule is CCCSc1nc(NCCc2ccccc2)c2c3c(sc2n1)CO[C@](C)(CC)C3. The second-order valence-electron chi connectivity index (χ2n) is 7.82. The number of benzene rings is 1. The fourth-order valence-electron chi connectivity index (χ4n) is 3.64. The number of hydrogen-bond donors (Lipinski definition) is 1. The molecule has 0 bridgehead atoms. The molecule has 1 aromatic carbocycles. The molecule has 3 heterocycles. The van der Waals surface area contributed by atoms with E-state index in [4.69, 9.17) is 14.7 Å². The van der Waals surface area contributed by atoms with Crippen LogP contribution in [0, 0.1) is 0 Å². The lowest BCUT2D eigenvalue weighted by molar-refractivity contribution is -0.0542. The molecule has 0 saturated carbocycles. The van der Waals surface area contributed by atoms with Gasteiger partial charge in [0.25, 0.3) is 0 Å². The minimum Gasteiger partial charge on any atom is -0.369 e. The fraction of sp³-hybridized carbons (Fsp3) is 0.478. The molecule has 0 unspecified atom stereocenters. The quantitative estimate of drug-likeness (QED) is 0.348. The van der Waals surface area contributed by atoms with Crippen LogP contribution in [0.15, 0.2) is 35.5 Å². The van der Waals surface area contributed by atoms with Gasteiger partial charge in [-0.25, -0.2) is 9.97 Å². The maximum atomic E-state index is 6.18. The van der Waals surface area contributed by atoms with E-state index in [0.29, 0.717) is 6.61 Å². The Labute approximate surface area is 181 Å². The highest BCUT2D eigenvalue weighted by atomic mass is 32.2. The van der Waals surface area contributed by atoms with Gasteiger partial charge < -0.3 is 10.1 Å². The van der Waals surface area contributed by atoms with E-state index >= 15 is 0 Å². The van der Waals surface area contributed by atoms with E-state index in [2.05, 4.69) is 56.4 Å². The molecule has 1 N–H and O–H groups in total. The lowest BCUT2D eigenvalue weighted by Gasteiger charge is -2.33. The molecule has 1 atom stereocenters. The largest absolute Gasteiger partial charge is 0.369 e. The van der Waals surface area contributed by atoms with Gasteiger partial charge in [0, 0.05) is 23.6 Å². The van der Waals surface area contributed by atoms with Crippen molar-refractivity contribution in [2.75, 3.05) is 17.6 Å². The van der Waals surface area contributed by atoms with Crippen LogP contribution in [0.1, 0.15) is 49.6 Å². The van der Waals surface area contributed by atoms with Gasteiger partial charge in [0.1, 0.15) is 10.6 Å². The lowest BCUT2D eigenvalue weighted by Crippen LogP contribution is -2.34. The van der Waals surface area contributed by atoms with Gasteiger partial charge in [-0.1, -0.05) is 55.9 Å². The Kier molecular flexibility index (Phi) is 6.42. The van der Waals surface area contributed by atoms with Crippen LogP contribution in [0.25, 0.3) is 10.2 Å². The summed E-state index contributed by atoms with van der Waals surface area (Å²) in [5.41, 5.74) is 2.62. The van der Waals surface area contributed by atoms with Gasteiger partial charge in [-0.05, 0) is 37.3 Å². The summed E-state index contributed by atoms with van der Waals surface area (Å²) in [5, 5.41) is 5.72. The Hall–Kier alpha value is -1.63. The van der Waals surface area contributed by atoms with Gasteiger partial charge in [0.2, 0.25) is 0 Å². The van der Waals surface area contributed by atoms with E-state index in [9.17, 15) is 0 Å². The zero-order chi connectivity index (χ0) is 20.3. The zero-order valence-corrected chi connectivity index (χ0v) is 19.1. The summed E-state index contributed by atoms with van der Waals surface area (Å²) < 4.78 is 6.18. The average Bonchev–Trinajstić information content (AvgIpc) is 3.10. The van der Waals surface area contributed by atoms with Crippen molar-refractivity contribution in [2.45, 2.75) is 63.8 Å². The lowest BCUT2D eigenvalue weighted by atomic mass is 9.90. The maximum absolute atomic E-state index is 6.18. The summed E-state index contributed by atoms with van der Waals surface area (Å²) >= 11 is 3.52. The molecule has 0 saturated heterocycles. The highest BCUT2D eigenvalue weighted by Gasteiger charge is 2.33. The van der Waals surface area contributed by atoms with E-state index in [1.54, 1.807) is 23.1 Å². The number of thioether (sulfide) groups is 1. The third-order valence-corrected chi connectivity index (χ3v) is 7.70. The van der Waals surface area contributed by atoms with Crippen molar-refractivity contribution in [1.82, 2.24) is 9.97 Å². The van der Waals surface area contributed by atoms with Crippen LogP contribution in [0.4, 0.5) is 5.82 Å². The molecule has 4 rings (SSSR count). The molecule has 0 aliphatic carbocycles. The summed E-state index contributed by atoms with van der Waals surface area (Å²) in [6.45, 7) is 8.15. The average molecular weight is 428 g/mol. The number of ether oxygens (including phenoxy) is 1. The van der Waals surface area contributed by atoms with Gasteiger partial charge in [-0.15, -0.1) is 11.3 Å². The molecule has 0 amide bonds. The molecule has 1 aliphatic heterocycles. The predicted molar refractivity (Wildman–Crippen MR) is 124 cm³/mol. The molecule has 0 radical (unpaired) electrons. The number of nitrogens with zero attached hydrogens (tertiary/aromatic N) is 2. The molecule has 29 heavy (non-hydrogen) atoms. The van der Waals surface area contributed by atoms with Crippen LogP contribution in [-0.2, 0) is 24.2 Å². The summed E-state index contributed by atoms with van der Waals surface area (Å²) in [7, 11) is 0. The maximum Gasteiger partial charge on any atom is 0.190 e. The Bertz CT molecular complexity index is 973. The van der Waals surface area contributed by atoms with Crippen LogP contribution >= 0.6 is 23.1 Å². The highest BCUT2D eigenvalue weighted by molar-refractivity contribution is 7.99. The van der Waals surface area contributed by atoms with Crippen LogP contribution in [-0.4, -0.2) is 27.9 Å². The number of fused-ring (bicyclic) bond motifs is 3. The number of aromatic nitrogens is 2. The topological polar surface area (TPSA) is 47.0 Å². The fourth-order valence-corrected chi connectivity index (χ4v) is 5.49. The van der Waals surface area contributed by atoms with Crippen LogP contribution in [0.2, 0.25) is 0 Å². The Balaban J connectivity index is 1.66. The number of rotatable bonds is 8. The van der Waals surface area contributed by atoms with E-state index in [1.165, 1.54) is 21.4 Å². The molecule has 1 aliphatic rings. The van der Waals surface area contributed by atoms with Crippen molar-refractivity contribution in [3.05, 3.63) is 46.3 Å². The Morgan fingerprint density at radius 3 is 2.79 bits per heavy atom. The molecule has 0 fully saturated rings. The minimum absolute atomic E-state index is 0.0993. The van der Waals surface area contributed by atoms with E-state index in [1.807, 2.05) is 0 Å². The summed E-state index contributed by atoms with van der Waals surface area (Å²) in [6.07, 6.45) is 4.03. The number of hydrogen-bond acceptors (Lipinski definition) is 6. The van der Waals surface area contributed by atoms with Crippen LogP contribution in [0.5, 0.6) is 0 Å². The smallest absolute Gasteiger partial charge is 0.190 e. The number of thiophene rings is 1. The van der Waals surface area contributed by atoms with Gasteiger partial charge in [0.05, 0.1) is 17.6 Å². The molecule has 6 heteroatoms. The first kappa shape index (κ1) is 20.6. The highest BCUT2D eigenvalue weighted by Crippen LogP contribution is 2.42. The number of nitrogens with one attached hydrogen (secondary N) is 1. The normalized spacial score (nSPS) is 18.7. The van der Waals surface area contributed by atoms with Crippen molar-refractivity contribution in [3.8, 4) is 0 Å². The standard InChI is InChI=1S/C23H29N3OS2/c1-4-13-28-22-25-20(24-12-11-16-9-7-6-8-10-16)19-17-14-23(3,5-2)27-15-18(17)29-21(19)26-22/h6-10H,4-5,11-15H2,1-3H3,(H,24,25,26)/t23-/m1/s1. The molecule has 4 nitrogen and oxygen atoms in total. The summed E-state index contributed by atoms with van der Waals surface area (Å²) in [4.78, 5) is 12.2. The van der Waals surface area contributed by atoms with Crippen molar-refractivity contribution in [1.29, 1.82) is 0 Å². The van der Waals surface area contributed by atoms with Crippen molar-refractivity contribution in [3.63, 3.8) is 0 Å². The van der Waals surface area contributed by atoms with Crippen molar-refractivity contribution >= 4 is 39.1 Å². The van der Waals surface area contributed by atoms with Crippen molar-refractivity contribution in [2.24, 2.45) is 0 Å². The summed E-state index contributed by atoms with van der Waals surface area (Å²) in [6, 6.07) is 10.6. The van der Waals surface area contributed by atoms with Gasteiger partial charge in [-0.2, -0.15) is 0 Å². The Morgan fingerprint density at radius 1 is 1.21 bits per heavy atom. The first-order chi connectivity index (χ1) is 14.1. The molecule has 0 spiro atoms. The molecule has 3 aromatic rings. The molecular weight excluding hydrogens is 398 g/mol. The van der Waals surface area contributed by atoms with Crippen LogP contribution < -0.4 is 5.32 Å². The third-order valence-electron chi connectivity index (χ3n) is 5.55. The first-order valence-corrected chi connectivity index (χ1v) is 12.3. The molecular formula is C23H29N3OS2. The second-order valence-corrected chi connectivity index (χ2v) is 9.96. The zero-order valence-electron chi connectivity index (χ0n) is 17.5. The minimum atomic E-state index is -0.0993. The van der Waals surface area contributed by atoms with Gasteiger partial charge in [-0.3, -0.25) is 0 Å². The monoisotopic (exact) mass is 427 g/mol. The first-order valence-electron chi connectivity index (χ1n) is 10.5. The second kappa shape index (κ2) is 9.02. The van der Waals surface area contributed by atoms with Crippen molar-refractivity contribution < 1.29 is 4.74 Å². The van der Waals surface area contributed by atoms with Gasteiger partial charge >= 0.3 is 0 Å². The number of anilines is 1.